The summed E-state index contributed by atoms with van der Waals surface area (Å²) in [5, 5.41) is 6.04. The number of nitrogens with one attached hydrogen (secondary N) is 2. The van der Waals surface area contributed by atoms with Crippen LogP contribution < -0.4 is 10.6 Å². The third kappa shape index (κ3) is 5.38. The van der Waals surface area contributed by atoms with E-state index in [2.05, 4.69) is 26.6 Å². The first-order valence-corrected chi connectivity index (χ1v) is 7.40. The zero-order chi connectivity index (χ0) is 13.7. The van der Waals surface area contributed by atoms with Crippen molar-refractivity contribution in [3.05, 3.63) is 28.5 Å². The number of carbonyl (C=O) groups excluding carboxylic acids is 1. The van der Waals surface area contributed by atoms with Crippen molar-refractivity contribution in [3.63, 3.8) is 0 Å². The monoisotopic (exact) mass is 364 g/mol. The molecule has 1 saturated heterocycles. The second-order valence-corrected chi connectivity index (χ2v) is 5.76. The van der Waals surface area contributed by atoms with Gasteiger partial charge in [-0.2, -0.15) is 0 Å². The van der Waals surface area contributed by atoms with Crippen LogP contribution in [-0.2, 0) is 4.79 Å². The van der Waals surface area contributed by atoms with E-state index in [1.165, 1.54) is 6.07 Å². The smallest absolute Gasteiger partial charge is 0.224 e. The minimum Gasteiger partial charge on any atom is -0.326 e. The van der Waals surface area contributed by atoms with E-state index in [1.807, 2.05) is 0 Å². The lowest BCUT2D eigenvalue weighted by Crippen LogP contribution is -2.28. The fourth-order valence-electron chi connectivity index (χ4n) is 2.30. The molecular formula is C14H19BrClFN2O. The molecule has 2 N–H and O–H groups in total. The molecular weight excluding hydrogens is 347 g/mol. The highest BCUT2D eigenvalue weighted by atomic mass is 79.9. The normalized spacial score (nSPS) is 15.5. The van der Waals surface area contributed by atoms with Gasteiger partial charge in [-0.05, 0) is 72.4 Å². The summed E-state index contributed by atoms with van der Waals surface area (Å²) in [5.41, 5.74) is 0.510. The van der Waals surface area contributed by atoms with Crippen molar-refractivity contribution >= 4 is 39.9 Å². The molecule has 0 aliphatic carbocycles. The topological polar surface area (TPSA) is 41.1 Å². The Balaban J connectivity index is 0.00000200. The number of benzene rings is 1. The van der Waals surface area contributed by atoms with Crippen molar-refractivity contribution in [3.8, 4) is 0 Å². The van der Waals surface area contributed by atoms with Gasteiger partial charge in [0.05, 0.1) is 4.47 Å². The highest BCUT2D eigenvalue weighted by Crippen LogP contribution is 2.21. The van der Waals surface area contributed by atoms with E-state index < -0.39 is 0 Å². The van der Waals surface area contributed by atoms with E-state index >= 15 is 0 Å². The van der Waals surface area contributed by atoms with Gasteiger partial charge in [-0.3, -0.25) is 4.79 Å². The number of carbonyl (C=O) groups is 1. The Morgan fingerprint density at radius 1 is 1.40 bits per heavy atom. The van der Waals surface area contributed by atoms with Gasteiger partial charge in [0, 0.05) is 12.1 Å². The van der Waals surface area contributed by atoms with Gasteiger partial charge in [-0.25, -0.2) is 4.39 Å². The zero-order valence-electron chi connectivity index (χ0n) is 11.1. The average molecular weight is 366 g/mol. The van der Waals surface area contributed by atoms with E-state index in [4.69, 9.17) is 0 Å². The molecule has 6 heteroatoms. The van der Waals surface area contributed by atoms with Gasteiger partial charge in [0.1, 0.15) is 5.82 Å². The molecule has 0 saturated carbocycles. The predicted octanol–water partition coefficient (Wildman–Crippen LogP) is 3.73. The summed E-state index contributed by atoms with van der Waals surface area (Å²) in [5.74, 6) is 0.227. The van der Waals surface area contributed by atoms with Gasteiger partial charge >= 0.3 is 0 Å². The SMILES string of the molecule is Cl.O=C(CCC1CCNCC1)Nc1ccc(Br)c(F)c1. The summed E-state index contributed by atoms with van der Waals surface area (Å²) in [6.07, 6.45) is 3.69. The van der Waals surface area contributed by atoms with Gasteiger partial charge in [-0.1, -0.05) is 0 Å². The summed E-state index contributed by atoms with van der Waals surface area (Å²) in [6, 6.07) is 4.61. The molecule has 0 bridgehead atoms. The molecule has 0 atom stereocenters. The van der Waals surface area contributed by atoms with E-state index in [9.17, 15) is 9.18 Å². The Hall–Kier alpha value is -0.650. The van der Waals surface area contributed by atoms with Crippen LogP contribution in [0.1, 0.15) is 25.7 Å². The molecule has 0 aromatic heterocycles. The highest BCUT2D eigenvalue weighted by molar-refractivity contribution is 9.10. The molecule has 0 unspecified atom stereocenters. The van der Waals surface area contributed by atoms with Crippen LogP contribution in [0.4, 0.5) is 10.1 Å². The lowest BCUT2D eigenvalue weighted by Gasteiger charge is -2.22. The van der Waals surface area contributed by atoms with Crippen molar-refractivity contribution < 1.29 is 9.18 Å². The highest BCUT2D eigenvalue weighted by Gasteiger charge is 2.14. The lowest BCUT2D eigenvalue weighted by molar-refractivity contribution is -0.116. The third-order valence-corrected chi connectivity index (χ3v) is 4.08. The van der Waals surface area contributed by atoms with Gasteiger partial charge in [-0.15, -0.1) is 12.4 Å². The van der Waals surface area contributed by atoms with Gasteiger partial charge in [0.15, 0.2) is 0 Å². The summed E-state index contributed by atoms with van der Waals surface area (Å²) in [7, 11) is 0. The number of amides is 1. The summed E-state index contributed by atoms with van der Waals surface area (Å²) in [6.45, 7) is 2.09. The lowest BCUT2D eigenvalue weighted by atomic mass is 9.93. The standard InChI is InChI=1S/C14H18BrFN2O.ClH/c15-12-3-2-11(9-13(12)16)18-14(19)4-1-10-5-7-17-8-6-10;/h2-3,9-10,17H,1,4-8H2,(H,18,19);1H. The largest absolute Gasteiger partial charge is 0.326 e. The summed E-state index contributed by atoms with van der Waals surface area (Å²) >= 11 is 3.08. The molecule has 20 heavy (non-hydrogen) atoms. The number of anilines is 1. The number of rotatable bonds is 4. The Morgan fingerprint density at radius 3 is 2.75 bits per heavy atom. The maximum atomic E-state index is 13.3. The molecule has 1 aromatic carbocycles. The average Bonchev–Trinajstić information content (AvgIpc) is 2.42. The van der Waals surface area contributed by atoms with Crippen LogP contribution in [0.15, 0.2) is 22.7 Å². The van der Waals surface area contributed by atoms with Crippen molar-refractivity contribution in [1.29, 1.82) is 0 Å². The second-order valence-electron chi connectivity index (χ2n) is 4.91. The van der Waals surface area contributed by atoms with Crippen LogP contribution in [-0.4, -0.2) is 19.0 Å². The Bertz CT molecular complexity index is 453. The Morgan fingerprint density at radius 2 is 2.10 bits per heavy atom. The van der Waals surface area contributed by atoms with Crippen molar-refractivity contribution in [2.24, 2.45) is 5.92 Å². The first-order chi connectivity index (χ1) is 9.15. The molecule has 1 fully saturated rings. The molecule has 1 aromatic rings. The van der Waals surface area contributed by atoms with Gasteiger partial charge in [0.25, 0.3) is 0 Å². The van der Waals surface area contributed by atoms with E-state index in [0.29, 0.717) is 22.5 Å². The van der Waals surface area contributed by atoms with Crippen LogP contribution in [0.2, 0.25) is 0 Å². The second kappa shape index (κ2) is 8.60. The molecule has 2 rings (SSSR count). The fourth-order valence-corrected chi connectivity index (χ4v) is 2.55. The number of piperidine rings is 1. The minimum atomic E-state index is -0.365. The predicted molar refractivity (Wildman–Crippen MR) is 84.8 cm³/mol. The van der Waals surface area contributed by atoms with Crippen LogP contribution in [0.5, 0.6) is 0 Å². The Kier molecular flexibility index (Phi) is 7.48. The van der Waals surface area contributed by atoms with Crippen molar-refractivity contribution in [1.82, 2.24) is 5.32 Å². The quantitative estimate of drug-likeness (QED) is 0.853. The van der Waals surface area contributed by atoms with Crippen molar-refractivity contribution in [2.45, 2.75) is 25.7 Å². The van der Waals surface area contributed by atoms with Crippen LogP contribution >= 0.6 is 28.3 Å². The minimum absolute atomic E-state index is 0. The molecule has 0 radical (unpaired) electrons. The van der Waals surface area contributed by atoms with E-state index in [1.54, 1.807) is 12.1 Å². The van der Waals surface area contributed by atoms with Crippen LogP contribution in [0.25, 0.3) is 0 Å². The molecule has 1 heterocycles. The first-order valence-electron chi connectivity index (χ1n) is 6.61. The first kappa shape index (κ1) is 17.4. The number of hydrogen-bond donors (Lipinski definition) is 2. The maximum Gasteiger partial charge on any atom is 0.224 e. The number of halogens is 3. The van der Waals surface area contributed by atoms with Gasteiger partial charge < -0.3 is 10.6 Å². The number of hydrogen-bond acceptors (Lipinski definition) is 2. The molecule has 1 aliphatic heterocycles. The zero-order valence-corrected chi connectivity index (χ0v) is 13.5. The van der Waals surface area contributed by atoms with Crippen molar-refractivity contribution in [2.75, 3.05) is 18.4 Å². The molecule has 1 amide bonds. The molecule has 0 spiro atoms. The fraction of sp³-hybridized carbons (Fsp3) is 0.500. The van der Waals surface area contributed by atoms with Gasteiger partial charge in [0.2, 0.25) is 5.91 Å². The summed E-state index contributed by atoms with van der Waals surface area (Å²) in [4.78, 5) is 11.8. The molecule has 3 nitrogen and oxygen atoms in total. The maximum absolute atomic E-state index is 13.3. The molecule has 112 valence electrons. The molecule has 1 aliphatic rings. The van der Waals surface area contributed by atoms with Crippen LogP contribution in [0.3, 0.4) is 0 Å². The Labute approximate surface area is 133 Å². The van der Waals surface area contributed by atoms with Crippen LogP contribution in [0, 0.1) is 11.7 Å². The van der Waals surface area contributed by atoms with E-state index in [0.717, 1.165) is 32.4 Å². The van der Waals surface area contributed by atoms with E-state index in [-0.39, 0.29) is 24.1 Å². The summed E-state index contributed by atoms with van der Waals surface area (Å²) < 4.78 is 13.7. The third-order valence-electron chi connectivity index (χ3n) is 3.44.